The Labute approximate surface area is 190 Å². The van der Waals surface area contributed by atoms with E-state index in [9.17, 15) is 13.6 Å². The summed E-state index contributed by atoms with van der Waals surface area (Å²) < 4.78 is 32.5. The highest BCUT2D eigenvalue weighted by Crippen LogP contribution is 2.28. The molecule has 0 radical (unpaired) electrons. The van der Waals surface area contributed by atoms with Crippen LogP contribution in [0.3, 0.4) is 0 Å². The second-order valence-corrected chi connectivity index (χ2v) is 9.21. The molecule has 2 fully saturated rings. The molecule has 1 atom stereocenters. The van der Waals surface area contributed by atoms with Gasteiger partial charge in [-0.1, -0.05) is 11.3 Å². The van der Waals surface area contributed by atoms with Crippen molar-refractivity contribution in [1.82, 2.24) is 20.2 Å². The Kier molecular flexibility index (Phi) is 7.64. The Morgan fingerprint density at radius 1 is 1.22 bits per heavy atom. The summed E-state index contributed by atoms with van der Waals surface area (Å²) in [5, 5.41) is 3.45. The maximum atomic E-state index is 13.7. The van der Waals surface area contributed by atoms with Crippen molar-refractivity contribution in [2.45, 2.75) is 51.3 Å². The first-order valence-corrected chi connectivity index (χ1v) is 12.0. The standard InChI is InChI=1S/C22H29F2N5O2S/c1-2-31-17-4-3-7-29(14-17)16-5-8-28(9-6-16)22-27-13-20(32-22)21(30)26-12-19-18(24)10-15(23)11-25-19/h10-11,13,16-17H,2-9,12,14H2,1H3,(H,26,30). The molecule has 2 aromatic heterocycles. The van der Waals surface area contributed by atoms with E-state index in [1.807, 2.05) is 0 Å². The second-order valence-electron chi connectivity index (χ2n) is 8.20. The van der Waals surface area contributed by atoms with Gasteiger partial charge in [-0.3, -0.25) is 14.7 Å². The SMILES string of the molecule is CCOC1CCCN(C2CCN(c3ncc(C(=O)NCc4ncc(F)cc4F)s3)CC2)C1. The van der Waals surface area contributed by atoms with Crippen LogP contribution in [0, 0.1) is 11.6 Å². The average Bonchev–Trinajstić information content (AvgIpc) is 3.29. The Balaban J connectivity index is 1.27. The van der Waals surface area contributed by atoms with Crippen LogP contribution in [0.15, 0.2) is 18.5 Å². The second kappa shape index (κ2) is 10.6. The van der Waals surface area contributed by atoms with Gasteiger partial charge < -0.3 is 15.0 Å². The van der Waals surface area contributed by atoms with E-state index < -0.39 is 11.6 Å². The largest absolute Gasteiger partial charge is 0.377 e. The lowest BCUT2D eigenvalue weighted by atomic mass is 9.99. The highest BCUT2D eigenvalue weighted by molar-refractivity contribution is 7.17. The van der Waals surface area contributed by atoms with Crippen LogP contribution >= 0.6 is 11.3 Å². The van der Waals surface area contributed by atoms with Gasteiger partial charge in [0.2, 0.25) is 0 Å². The number of carbonyl (C=O) groups is 1. The topological polar surface area (TPSA) is 70.6 Å². The number of hydrogen-bond acceptors (Lipinski definition) is 7. The summed E-state index contributed by atoms with van der Waals surface area (Å²) in [6, 6.07) is 1.32. The van der Waals surface area contributed by atoms with Crippen molar-refractivity contribution >= 4 is 22.4 Å². The highest BCUT2D eigenvalue weighted by Gasteiger charge is 2.30. The third-order valence-corrected chi connectivity index (χ3v) is 7.14. The van der Waals surface area contributed by atoms with Crippen LogP contribution in [-0.4, -0.2) is 65.7 Å². The number of anilines is 1. The zero-order chi connectivity index (χ0) is 22.5. The van der Waals surface area contributed by atoms with Crippen molar-refractivity contribution in [2.75, 3.05) is 37.7 Å². The van der Waals surface area contributed by atoms with Gasteiger partial charge in [-0.25, -0.2) is 13.8 Å². The number of carbonyl (C=O) groups excluding carboxylic acids is 1. The number of pyridine rings is 1. The van der Waals surface area contributed by atoms with Crippen LogP contribution in [0.4, 0.5) is 13.9 Å². The highest BCUT2D eigenvalue weighted by atomic mass is 32.1. The molecule has 0 saturated carbocycles. The number of ether oxygens (including phenoxy) is 1. The van der Waals surface area contributed by atoms with Gasteiger partial charge in [-0.15, -0.1) is 0 Å². The normalized spacial score (nSPS) is 20.5. The predicted octanol–water partition coefficient (Wildman–Crippen LogP) is 3.22. The first-order chi connectivity index (χ1) is 15.5. The molecule has 7 nitrogen and oxygen atoms in total. The molecule has 32 heavy (non-hydrogen) atoms. The molecule has 0 aliphatic carbocycles. The number of piperidine rings is 2. The molecular formula is C22H29F2N5O2S. The van der Waals surface area contributed by atoms with Gasteiger partial charge >= 0.3 is 0 Å². The molecule has 1 N–H and O–H groups in total. The quantitative estimate of drug-likeness (QED) is 0.677. The number of likely N-dealkylation sites (tertiary alicyclic amines) is 1. The summed E-state index contributed by atoms with van der Waals surface area (Å²) in [4.78, 5) is 25.8. The number of aromatic nitrogens is 2. The maximum Gasteiger partial charge on any atom is 0.263 e. The molecule has 2 aliphatic heterocycles. The Bertz CT molecular complexity index is 917. The van der Waals surface area contributed by atoms with Gasteiger partial charge in [0.15, 0.2) is 5.13 Å². The van der Waals surface area contributed by atoms with E-state index in [0.29, 0.717) is 17.0 Å². The predicted molar refractivity (Wildman–Crippen MR) is 119 cm³/mol. The monoisotopic (exact) mass is 465 g/mol. The van der Waals surface area contributed by atoms with E-state index in [4.69, 9.17) is 4.74 Å². The van der Waals surface area contributed by atoms with Crippen molar-refractivity contribution in [3.63, 3.8) is 0 Å². The average molecular weight is 466 g/mol. The van der Waals surface area contributed by atoms with Gasteiger partial charge in [0.05, 0.1) is 30.7 Å². The van der Waals surface area contributed by atoms with Crippen molar-refractivity contribution in [2.24, 2.45) is 0 Å². The molecule has 2 aliphatic rings. The summed E-state index contributed by atoms with van der Waals surface area (Å²) >= 11 is 1.33. The van der Waals surface area contributed by atoms with Crippen molar-refractivity contribution in [3.8, 4) is 0 Å². The summed E-state index contributed by atoms with van der Waals surface area (Å²) in [5.74, 6) is -1.87. The summed E-state index contributed by atoms with van der Waals surface area (Å²) in [6.45, 7) is 6.68. The van der Waals surface area contributed by atoms with Crippen LogP contribution in [-0.2, 0) is 11.3 Å². The molecule has 4 rings (SSSR count). The summed E-state index contributed by atoms with van der Waals surface area (Å²) in [6.07, 6.45) is 7.30. The molecule has 2 saturated heterocycles. The summed E-state index contributed by atoms with van der Waals surface area (Å²) in [7, 11) is 0. The summed E-state index contributed by atoms with van der Waals surface area (Å²) in [5.41, 5.74) is -0.00384. The number of hydrogen-bond donors (Lipinski definition) is 1. The smallest absolute Gasteiger partial charge is 0.263 e. The van der Waals surface area contributed by atoms with Gasteiger partial charge in [0.1, 0.15) is 16.5 Å². The van der Waals surface area contributed by atoms with E-state index in [0.717, 1.165) is 69.4 Å². The lowest BCUT2D eigenvalue weighted by molar-refractivity contribution is -0.0105. The molecule has 0 spiro atoms. The third-order valence-electron chi connectivity index (χ3n) is 6.08. The van der Waals surface area contributed by atoms with E-state index in [1.54, 1.807) is 6.20 Å². The lowest BCUT2D eigenvalue weighted by Gasteiger charge is -2.42. The Morgan fingerprint density at radius 3 is 2.78 bits per heavy atom. The van der Waals surface area contributed by atoms with E-state index in [2.05, 4.69) is 32.0 Å². The van der Waals surface area contributed by atoms with E-state index in [1.165, 1.54) is 17.8 Å². The number of rotatable bonds is 7. The lowest BCUT2D eigenvalue weighted by Crippen LogP contribution is -2.50. The number of nitrogens with one attached hydrogen (secondary N) is 1. The number of halogens is 2. The maximum absolute atomic E-state index is 13.7. The van der Waals surface area contributed by atoms with Crippen molar-refractivity contribution in [3.05, 3.63) is 40.7 Å². The molecular weight excluding hydrogens is 436 g/mol. The molecule has 1 amide bonds. The van der Waals surface area contributed by atoms with Crippen LogP contribution in [0.1, 0.15) is 48.0 Å². The third kappa shape index (κ3) is 5.60. The fourth-order valence-electron chi connectivity index (χ4n) is 4.43. The Hall–Kier alpha value is -2.17. The fraction of sp³-hybridized carbons (Fsp3) is 0.591. The molecule has 2 aromatic rings. The minimum atomic E-state index is -0.778. The first kappa shape index (κ1) is 23.0. The minimum absolute atomic E-state index is 0.00384. The Morgan fingerprint density at radius 2 is 2.03 bits per heavy atom. The van der Waals surface area contributed by atoms with Gasteiger partial charge in [-0.2, -0.15) is 0 Å². The van der Waals surface area contributed by atoms with Crippen molar-refractivity contribution in [1.29, 1.82) is 0 Å². The van der Waals surface area contributed by atoms with Gasteiger partial charge in [0, 0.05) is 38.3 Å². The number of amides is 1. The molecule has 174 valence electrons. The van der Waals surface area contributed by atoms with Crippen LogP contribution in [0.5, 0.6) is 0 Å². The van der Waals surface area contributed by atoms with Crippen LogP contribution in [0.25, 0.3) is 0 Å². The first-order valence-electron chi connectivity index (χ1n) is 11.2. The van der Waals surface area contributed by atoms with Gasteiger partial charge in [-0.05, 0) is 39.2 Å². The zero-order valence-electron chi connectivity index (χ0n) is 18.2. The minimum Gasteiger partial charge on any atom is -0.377 e. The number of thiazole rings is 1. The molecule has 0 bridgehead atoms. The van der Waals surface area contributed by atoms with E-state index in [-0.39, 0.29) is 18.1 Å². The molecule has 0 aromatic carbocycles. The van der Waals surface area contributed by atoms with Gasteiger partial charge in [0.25, 0.3) is 5.91 Å². The zero-order valence-corrected chi connectivity index (χ0v) is 19.0. The molecule has 1 unspecified atom stereocenters. The molecule has 4 heterocycles. The van der Waals surface area contributed by atoms with Crippen LogP contribution < -0.4 is 10.2 Å². The van der Waals surface area contributed by atoms with Crippen LogP contribution in [0.2, 0.25) is 0 Å². The van der Waals surface area contributed by atoms with Crippen molar-refractivity contribution < 1.29 is 18.3 Å². The van der Waals surface area contributed by atoms with E-state index >= 15 is 0 Å². The number of nitrogens with zero attached hydrogens (tertiary/aromatic N) is 4. The molecule has 10 heteroatoms. The fourth-order valence-corrected chi connectivity index (χ4v) is 5.32.